The van der Waals surface area contributed by atoms with Crippen LogP contribution in [0.4, 0.5) is 23.4 Å². The molecule has 2 unspecified atom stereocenters. The normalized spacial score (nSPS) is 16.6. The van der Waals surface area contributed by atoms with Crippen LogP contribution in [0.5, 0.6) is 5.75 Å². The minimum Gasteiger partial charge on any atom is -0.497 e. The third kappa shape index (κ3) is 6.75. The lowest BCUT2D eigenvalue weighted by Gasteiger charge is -2.24. The van der Waals surface area contributed by atoms with Crippen molar-refractivity contribution in [2.24, 2.45) is 0 Å². The zero-order valence-corrected chi connectivity index (χ0v) is 21.9. The number of alkyl halides is 2. The zero-order valence-electron chi connectivity index (χ0n) is 21.1. The topological polar surface area (TPSA) is 93.5 Å². The van der Waals surface area contributed by atoms with Crippen LogP contribution in [-0.2, 0) is 11.3 Å². The van der Waals surface area contributed by atoms with Crippen molar-refractivity contribution in [2.45, 2.75) is 38.3 Å². The Balaban J connectivity index is 0.000000320. The van der Waals surface area contributed by atoms with Gasteiger partial charge >= 0.3 is 0 Å². The van der Waals surface area contributed by atoms with E-state index in [0.29, 0.717) is 10.6 Å². The molecule has 1 aliphatic rings. The third-order valence-corrected chi connectivity index (χ3v) is 6.36. The van der Waals surface area contributed by atoms with Gasteiger partial charge in [0.2, 0.25) is 11.7 Å². The van der Waals surface area contributed by atoms with Crippen LogP contribution < -0.4 is 20.5 Å². The molecule has 8 nitrogen and oxygen atoms in total. The van der Waals surface area contributed by atoms with E-state index in [1.165, 1.54) is 14.0 Å². The van der Waals surface area contributed by atoms with Gasteiger partial charge in [0.1, 0.15) is 17.4 Å². The first-order chi connectivity index (χ1) is 18.5. The highest BCUT2D eigenvalue weighted by Gasteiger charge is 2.43. The Morgan fingerprint density at radius 2 is 1.79 bits per heavy atom. The molecule has 4 rings (SSSR count). The van der Waals surface area contributed by atoms with Gasteiger partial charge in [0.25, 0.3) is 17.9 Å². The quantitative estimate of drug-likeness (QED) is 0.445. The van der Waals surface area contributed by atoms with E-state index in [-0.39, 0.29) is 29.5 Å². The van der Waals surface area contributed by atoms with E-state index in [9.17, 15) is 31.9 Å². The minimum absolute atomic E-state index is 0.00723. The zero-order chi connectivity index (χ0) is 28.9. The molecule has 0 bridgehead atoms. The number of carbonyl (C=O) groups excluding carboxylic acids is 2. The van der Waals surface area contributed by atoms with Crippen LogP contribution in [0.25, 0.3) is 0 Å². The molecular formula is C26H25ClF4N4O4. The van der Waals surface area contributed by atoms with Crippen molar-refractivity contribution in [1.82, 2.24) is 14.9 Å². The fourth-order valence-electron chi connectivity index (χ4n) is 4.19. The van der Waals surface area contributed by atoms with E-state index in [2.05, 4.69) is 10.3 Å². The first-order valence-corrected chi connectivity index (χ1v) is 12.0. The molecule has 2 amide bonds. The van der Waals surface area contributed by atoms with Crippen molar-refractivity contribution < 1.29 is 31.9 Å². The number of aromatic nitrogens is 2. The number of rotatable bonds is 6. The second-order valence-corrected chi connectivity index (χ2v) is 8.94. The molecule has 1 saturated heterocycles. The molecule has 2 atom stereocenters. The van der Waals surface area contributed by atoms with Crippen molar-refractivity contribution in [3.63, 3.8) is 0 Å². The number of anilines is 1. The monoisotopic (exact) mass is 568 g/mol. The van der Waals surface area contributed by atoms with E-state index in [0.717, 1.165) is 34.0 Å². The van der Waals surface area contributed by atoms with E-state index >= 15 is 0 Å². The second kappa shape index (κ2) is 12.7. The van der Waals surface area contributed by atoms with Crippen LogP contribution in [0.2, 0.25) is 5.02 Å². The number of halogens is 5. The highest BCUT2D eigenvalue weighted by molar-refractivity contribution is 6.30. The highest BCUT2D eigenvalue weighted by Crippen LogP contribution is 2.39. The van der Waals surface area contributed by atoms with Gasteiger partial charge in [0.05, 0.1) is 13.7 Å². The maximum atomic E-state index is 14.5. The molecule has 3 aromatic rings. The molecule has 0 aliphatic carbocycles. The van der Waals surface area contributed by atoms with Crippen LogP contribution >= 0.6 is 11.6 Å². The summed E-state index contributed by atoms with van der Waals surface area (Å²) in [4.78, 5) is 40.8. The standard InChI is InChI=1S/C18H17F4N3O3.C8H8ClNO/c1-9-11(16-12(19)5-10(28-2)6-13(16)20)7-15(26)25(9)17-18(27)24(4-3-23-17)8-14(21)22;1-10-8(11)6-2-4-7(9)5-3-6/h3-6,9,11,14H,7-8H2,1-2H3;2-5H,1H3,(H,10,11). The summed E-state index contributed by atoms with van der Waals surface area (Å²) in [7, 11) is 2.86. The highest BCUT2D eigenvalue weighted by atomic mass is 35.5. The van der Waals surface area contributed by atoms with Gasteiger partial charge in [-0.05, 0) is 31.2 Å². The lowest BCUT2D eigenvalue weighted by atomic mass is 9.91. The number of carbonyl (C=O) groups is 2. The van der Waals surface area contributed by atoms with Gasteiger partial charge < -0.3 is 14.6 Å². The van der Waals surface area contributed by atoms with E-state index in [1.54, 1.807) is 31.3 Å². The Labute approximate surface area is 226 Å². The number of nitrogens with one attached hydrogen (secondary N) is 1. The Hall–Kier alpha value is -3.93. The number of ether oxygens (including phenoxy) is 1. The first-order valence-electron chi connectivity index (χ1n) is 11.6. The van der Waals surface area contributed by atoms with Gasteiger partial charge in [-0.25, -0.2) is 22.5 Å². The predicted molar refractivity (Wildman–Crippen MR) is 137 cm³/mol. The summed E-state index contributed by atoms with van der Waals surface area (Å²) in [6, 6.07) is 7.94. The van der Waals surface area contributed by atoms with Gasteiger partial charge in [-0.1, -0.05) is 11.6 Å². The number of hydrogen-bond acceptors (Lipinski definition) is 5. The minimum atomic E-state index is -2.77. The average Bonchev–Trinajstić information content (AvgIpc) is 3.18. The van der Waals surface area contributed by atoms with Gasteiger partial charge in [-0.15, -0.1) is 0 Å². The molecule has 1 aromatic heterocycles. The largest absolute Gasteiger partial charge is 0.497 e. The summed E-state index contributed by atoms with van der Waals surface area (Å²) in [5.74, 6) is -3.67. The molecule has 1 aliphatic heterocycles. The number of benzene rings is 2. The fourth-order valence-corrected chi connectivity index (χ4v) is 4.32. The molecule has 13 heteroatoms. The Morgan fingerprint density at radius 1 is 1.18 bits per heavy atom. The summed E-state index contributed by atoms with van der Waals surface area (Å²) < 4.78 is 59.8. The maximum Gasteiger partial charge on any atom is 0.294 e. The van der Waals surface area contributed by atoms with Gasteiger partial charge in [-0.3, -0.25) is 19.3 Å². The van der Waals surface area contributed by atoms with Crippen molar-refractivity contribution in [3.05, 3.63) is 86.9 Å². The van der Waals surface area contributed by atoms with Gasteiger partial charge in [0.15, 0.2) is 0 Å². The molecule has 1 fully saturated rings. The molecule has 39 heavy (non-hydrogen) atoms. The van der Waals surface area contributed by atoms with Crippen LogP contribution in [0, 0.1) is 11.6 Å². The molecule has 2 heterocycles. The predicted octanol–water partition coefficient (Wildman–Crippen LogP) is 4.40. The molecule has 208 valence electrons. The third-order valence-electron chi connectivity index (χ3n) is 6.10. The molecular weight excluding hydrogens is 544 g/mol. The molecule has 2 aromatic carbocycles. The van der Waals surface area contributed by atoms with E-state index in [4.69, 9.17) is 16.3 Å². The number of amides is 2. The second-order valence-electron chi connectivity index (χ2n) is 8.51. The lowest BCUT2D eigenvalue weighted by Crippen LogP contribution is -2.39. The number of hydrogen-bond donors (Lipinski definition) is 1. The smallest absolute Gasteiger partial charge is 0.294 e. The van der Waals surface area contributed by atoms with E-state index in [1.807, 2.05) is 0 Å². The Bertz CT molecular complexity index is 1380. The SMILES string of the molecule is CNC(=O)c1ccc(Cl)cc1.COc1cc(F)c(C2CC(=O)N(c3nccn(CC(F)F)c3=O)C2C)c(F)c1. The van der Waals surface area contributed by atoms with Gasteiger partial charge in [-0.2, -0.15) is 0 Å². The molecule has 1 N–H and O–H groups in total. The fraction of sp³-hybridized carbons (Fsp3) is 0.308. The summed E-state index contributed by atoms with van der Waals surface area (Å²) in [5.41, 5.74) is -0.552. The Morgan fingerprint density at radius 3 is 2.33 bits per heavy atom. The molecule has 0 spiro atoms. The summed E-state index contributed by atoms with van der Waals surface area (Å²) in [6.07, 6.45) is -0.814. The van der Waals surface area contributed by atoms with Crippen LogP contribution in [0.1, 0.15) is 35.2 Å². The molecule has 0 saturated carbocycles. The Kier molecular flexibility index (Phi) is 9.68. The number of methoxy groups -OCH3 is 1. The number of nitrogens with zero attached hydrogens (tertiary/aromatic N) is 3. The molecule has 0 radical (unpaired) electrons. The van der Waals surface area contributed by atoms with Crippen molar-refractivity contribution in [1.29, 1.82) is 0 Å². The summed E-state index contributed by atoms with van der Waals surface area (Å²) in [6.45, 7) is 0.667. The average molecular weight is 569 g/mol. The van der Waals surface area contributed by atoms with Crippen molar-refractivity contribution in [2.75, 3.05) is 19.1 Å². The summed E-state index contributed by atoms with van der Waals surface area (Å²) in [5, 5.41) is 3.16. The van der Waals surface area contributed by atoms with E-state index < -0.39 is 48.0 Å². The van der Waals surface area contributed by atoms with Crippen LogP contribution in [0.3, 0.4) is 0 Å². The maximum absolute atomic E-state index is 14.5. The van der Waals surface area contributed by atoms with Gasteiger partial charge in [0, 0.05) is 66.1 Å². The first kappa shape index (κ1) is 29.6. The van der Waals surface area contributed by atoms with Crippen molar-refractivity contribution in [3.8, 4) is 5.75 Å². The van der Waals surface area contributed by atoms with Crippen molar-refractivity contribution >= 4 is 29.2 Å². The summed E-state index contributed by atoms with van der Waals surface area (Å²) >= 11 is 5.63. The van der Waals surface area contributed by atoms with Crippen LogP contribution in [-0.4, -0.2) is 48.0 Å². The lowest BCUT2D eigenvalue weighted by molar-refractivity contribution is -0.117. The van der Waals surface area contributed by atoms with Crippen LogP contribution in [0.15, 0.2) is 53.6 Å².